The fraction of sp³-hybridized carbons (Fsp3) is 0.235. The van der Waals surface area contributed by atoms with Gasteiger partial charge in [-0.2, -0.15) is 0 Å². The fourth-order valence-corrected chi connectivity index (χ4v) is 3.17. The van der Waals surface area contributed by atoms with E-state index in [1.807, 2.05) is 6.07 Å². The number of carbonyl (C=O) groups excluding carboxylic acids is 1. The molecule has 1 aliphatic rings. The van der Waals surface area contributed by atoms with Crippen molar-refractivity contribution in [3.63, 3.8) is 0 Å². The number of halogens is 3. The molecule has 1 saturated heterocycles. The predicted octanol–water partition coefficient (Wildman–Crippen LogP) is 4.49. The van der Waals surface area contributed by atoms with Crippen LogP contribution >= 0.6 is 23.2 Å². The van der Waals surface area contributed by atoms with Crippen LogP contribution in [0.3, 0.4) is 0 Å². The van der Waals surface area contributed by atoms with E-state index in [1.54, 1.807) is 29.2 Å². The van der Waals surface area contributed by atoms with Gasteiger partial charge in [0.15, 0.2) is 0 Å². The summed E-state index contributed by atoms with van der Waals surface area (Å²) in [7, 11) is 0. The molecule has 0 atom stereocenters. The highest BCUT2D eigenvalue weighted by molar-refractivity contribution is 6.36. The molecule has 0 spiro atoms. The van der Waals surface area contributed by atoms with Gasteiger partial charge in [-0.3, -0.25) is 0 Å². The average Bonchev–Trinajstić information content (AvgIpc) is 2.57. The van der Waals surface area contributed by atoms with Gasteiger partial charge in [-0.15, -0.1) is 0 Å². The van der Waals surface area contributed by atoms with E-state index in [-0.39, 0.29) is 11.7 Å². The molecule has 2 amide bonds. The summed E-state index contributed by atoms with van der Waals surface area (Å²) in [4.78, 5) is 16.0. The van der Waals surface area contributed by atoms with Gasteiger partial charge in [0.1, 0.15) is 5.82 Å². The van der Waals surface area contributed by atoms with Gasteiger partial charge < -0.3 is 15.1 Å². The van der Waals surface area contributed by atoms with Crippen LogP contribution in [-0.4, -0.2) is 37.1 Å². The first kappa shape index (κ1) is 16.9. The van der Waals surface area contributed by atoms with Crippen LogP contribution in [0.2, 0.25) is 10.0 Å². The van der Waals surface area contributed by atoms with Crippen molar-refractivity contribution < 1.29 is 9.18 Å². The van der Waals surface area contributed by atoms with Crippen LogP contribution in [0, 0.1) is 5.82 Å². The predicted molar refractivity (Wildman–Crippen MR) is 95.7 cm³/mol. The van der Waals surface area contributed by atoms with Gasteiger partial charge in [0.05, 0.1) is 16.4 Å². The molecule has 7 heteroatoms. The van der Waals surface area contributed by atoms with Crippen molar-refractivity contribution in [2.24, 2.45) is 0 Å². The second-order valence-corrected chi connectivity index (χ2v) is 6.32. The molecular formula is C17H16Cl2FN3O. The number of para-hydroxylation sites is 1. The molecule has 4 nitrogen and oxygen atoms in total. The van der Waals surface area contributed by atoms with Crippen molar-refractivity contribution in [1.82, 2.24) is 4.90 Å². The Labute approximate surface area is 149 Å². The van der Waals surface area contributed by atoms with E-state index in [0.29, 0.717) is 36.2 Å². The second kappa shape index (κ2) is 7.28. The molecular weight excluding hydrogens is 352 g/mol. The summed E-state index contributed by atoms with van der Waals surface area (Å²) in [6, 6.07) is 11.2. The molecule has 1 aliphatic heterocycles. The van der Waals surface area contributed by atoms with E-state index < -0.39 is 5.82 Å². The smallest absolute Gasteiger partial charge is 0.322 e. The van der Waals surface area contributed by atoms with Gasteiger partial charge in [0, 0.05) is 31.2 Å². The summed E-state index contributed by atoms with van der Waals surface area (Å²) in [5, 5.41) is 3.78. The summed E-state index contributed by atoms with van der Waals surface area (Å²) in [6.45, 7) is 2.34. The fourth-order valence-electron chi connectivity index (χ4n) is 2.65. The van der Waals surface area contributed by atoms with E-state index in [9.17, 15) is 9.18 Å². The Hall–Kier alpha value is -1.98. The molecule has 126 valence electrons. The standard InChI is InChI=1S/C17H16Cl2FN3O/c18-12-5-6-16(13(19)11-12)22-7-9-23(10-8-22)17(24)21-15-4-2-1-3-14(15)20/h1-6,11H,7-10H2,(H,21,24). The molecule has 0 bridgehead atoms. The number of nitrogens with zero attached hydrogens (tertiary/aromatic N) is 2. The summed E-state index contributed by atoms with van der Waals surface area (Å²) < 4.78 is 13.6. The van der Waals surface area contributed by atoms with Crippen LogP contribution in [0.4, 0.5) is 20.6 Å². The number of rotatable bonds is 2. The van der Waals surface area contributed by atoms with Crippen LogP contribution in [0.25, 0.3) is 0 Å². The SMILES string of the molecule is O=C(Nc1ccccc1F)N1CCN(c2ccc(Cl)cc2Cl)CC1. The third-order valence-corrected chi connectivity index (χ3v) is 4.47. The number of urea groups is 1. The first-order valence-electron chi connectivity index (χ1n) is 7.55. The Bertz CT molecular complexity index is 748. The Balaban J connectivity index is 1.60. The van der Waals surface area contributed by atoms with Gasteiger partial charge >= 0.3 is 6.03 Å². The van der Waals surface area contributed by atoms with E-state index in [0.717, 1.165) is 5.69 Å². The molecule has 0 aliphatic carbocycles. The molecule has 0 saturated carbocycles. The maximum Gasteiger partial charge on any atom is 0.322 e. The first-order valence-corrected chi connectivity index (χ1v) is 8.30. The zero-order valence-electron chi connectivity index (χ0n) is 12.8. The number of hydrogen-bond donors (Lipinski definition) is 1. The number of piperazine rings is 1. The normalized spacial score (nSPS) is 14.6. The summed E-state index contributed by atoms with van der Waals surface area (Å²) in [5.74, 6) is -0.447. The number of nitrogens with one attached hydrogen (secondary N) is 1. The zero-order chi connectivity index (χ0) is 17.1. The largest absolute Gasteiger partial charge is 0.367 e. The maximum absolute atomic E-state index is 13.6. The summed E-state index contributed by atoms with van der Waals surface area (Å²) in [5.41, 5.74) is 1.08. The van der Waals surface area contributed by atoms with Crippen molar-refractivity contribution >= 4 is 40.6 Å². The molecule has 0 radical (unpaired) electrons. The highest BCUT2D eigenvalue weighted by atomic mass is 35.5. The minimum atomic E-state index is -0.447. The molecule has 0 aromatic heterocycles. The Morgan fingerprint density at radius 1 is 1.04 bits per heavy atom. The monoisotopic (exact) mass is 367 g/mol. The lowest BCUT2D eigenvalue weighted by molar-refractivity contribution is 0.208. The van der Waals surface area contributed by atoms with Crippen molar-refractivity contribution in [3.05, 3.63) is 58.3 Å². The van der Waals surface area contributed by atoms with Gasteiger partial charge in [0.25, 0.3) is 0 Å². The van der Waals surface area contributed by atoms with Gasteiger partial charge in [0.2, 0.25) is 0 Å². The Morgan fingerprint density at radius 2 is 1.75 bits per heavy atom. The van der Waals surface area contributed by atoms with Crippen molar-refractivity contribution in [1.29, 1.82) is 0 Å². The van der Waals surface area contributed by atoms with Crippen LogP contribution < -0.4 is 10.2 Å². The zero-order valence-corrected chi connectivity index (χ0v) is 14.3. The highest BCUT2D eigenvalue weighted by Crippen LogP contribution is 2.29. The molecule has 1 fully saturated rings. The number of carbonyl (C=O) groups is 1. The number of hydrogen-bond acceptors (Lipinski definition) is 2. The van der Waals surface area contributed by atoms with E-state index in [4.69, 9.17) is 23.2 Å². The first-order chi connectivity index (χ1) is 11.5. The lowest BCUT2D eigenvalue weighted by atomic mass is 10.2. The van der Waals surface area contributed by atoms with Crippen LogP contribution in [0.15, 0.2) is 42.5 Å². The van der Waals surface area contributed by atoms with E-state index in [2.05, 4.69) is 10.2 Å². The quantitative estimate of drug-likeness (QED) is 0.848. The van der Waals surface area contributed by atoms with Gasteiger partial charge in [-0.1, -0.05) is 35.3 Å². The lowest BCUT2D eigenvalue weighted by Gasteiger charge is -2.36. The number of anilines is 2. The summed E-state index contributed by atoms with van der Waals surface area (Å²) in [6.07, 6.45) is 0. The molecule has 24 heavy (non-hydrogen) atoms. The highest BCUT2D eigenvalue weighted by Gasteiger charge is 2.23. The minimum absolute atomic E-state index is 0.186. The molecule has 0 unspecified atom stereocenters. The topological polar surface area (TPSA) is 35.6 Å². The molecule has 1 N–H and O–H groups in total. The van der Waals surface area contributed by atoms with Crippen LogP contribution in [-0.2, 0) is 0 Å². The number of benzene rings is 2. The minimum Gasteiger partial charge on any atom is -0.367 e. The maximum atomic E-state index is 13.6. The van der Waals surface area contributed by atoms with Crippen molar-refractivity contribution in [2.75, 3.05) is 36.4 Å². The van der Waals surface area contributed by atoms with E-state index in [1.165, 1.54) is 12.1 Å². The Kier molecular flexibility index (Phi) is 5.11. The van der Waals surface area contributed by atoms with Crippen molar-refractivity contribution in [3.8, 4) is 0 Å². The summed E-state index contributed by atoms with van der Waals surface area (Å²) >= 11 is 12.1. The van der Waals surface area contributed by atoms with Crippen LogP contribution in [0.1, 0.15) is 0 Å². The third-order valence-electron chi connectivity index (χ3n) is 3.93. The third kappa shape index (κ3) is 3.74. The second-order valence-electron chi connectivity index (χ2n) is 5.48. The lowest BCUT2D eigenvalue weighted by Crippen LogP contribution is -2.50. The molecule has 2 aromatic rings. The van der Waals surface area contributed by atoms with Crippen molar-refractivity contribution in [2.45, 2.75) is 0 Å². The Morgan fingerprint density at radius 3 is 2.42 bits per heavy atom. The molecule has 3 rings (SSSR count). The number of amides is 2. The van der Waals surface area contributed by atoms with Crippen LogP contribution in [0.5, 0.6) is 0 Å². The molecule has 1 heterocycles. The van der Waals surface area contributed by atoms with Gasteiger partial charge in [-0.05, 0) is 30.3 Å². The van der Waals surface area contributed by atoms with E-state index >= 15 is 0 Å². The average molecular weight is 368 g/mol. The van der Waals surface area contributed by atoms with Gasteiger partial charge in [-0.25, -0.2) is 9.18 Å². The molecule has 2 aromatic carbocycles.